The van der Waals surface area contributed by atoms with Gasteiger partial charge in [0.1, 0.15) is 5.75 Å². The van der Waals surface area contributed by atoms with Gasteiger partial charge in [-0.25, -0.2) is 4.79 Å². The van der Waals surface area contributed by atoms with Crippen LogP contribution in [-0.4, -0.2) is 58.6 Å². The second kappa shape index (κ2) is 7.65. The summed E-state index contributed by atoms with van der Waals surface area (Å²) in [5.41, 5.74) is 0.243. The van der Waals surface area contributed by atoms with Crippen molar-refractivity contribution in [1.29, 1.82) is 0 Å². The van der Waals surface area contributed by atoms with Crippen molar-refractivity contribution < 1.29 is 19.4 Å². The highest BCUT2D eigenvalue weighted by Gasteiger charge is 2.29. The normalized spacial score (nSPS) is 14.7. The highest BCUT2D eigenvalue weighted by Crippen LogP contribution is 2.25. The first-order valence-electron chi connectivity index (χ1n) is 8.83. The van der Waals surface area contributed by atoms with E-state index in [1.807, 2.05) is 23.1 Å². The molecule has 7 nitrogen and oxygen atoms in total. The van der Waals surface area contributed by atoms with Crippen LogP contribution >= 0.6 is 0 Å². The lowest BCUT2D eigenvalue weighted by molar-refractivity contribution is -0.152. The van der Waals surface area contributed by atoms with Gasteiger partial charge in [-0.1, -0.05) is 6.07 Å². The van der Waals surface area contributed by atoms with Gasteiger partial charge in [-0.2, -0.15) is 0 Å². The van der Waals surface area contributed by atoms with E-state index in [0.717, 1.165) is 5.69 Å². The maximum absolute atomic E-state index is 12.5. The Hall–Kier alpha value is -3.09. The summed E-state index contributed by atoms with van der Waals surface area (Å²) < 4.78 is 5.61. The number of carboxylic acid groups (broad SMARTS) is 1. The molecule has 0 saturated carbocycles. The Labute approximate surface area is 158 Å². The quantitative estimate of drug-likeness (QED) is 0.871. The van der Waals surface area contributed by atoms with Gasteiger partial charge in [0.25, 0.3) is 5.91 Å². The Morgan fingerprint density at radius 2 is 1.85 bits per heavy atom. The number of aromatic nitrogens is 1. The van der Waals surface area contributed by atoms with Crippen molar-refractivity contribution in [2.75, 3.05) is 31.1 Å². The number of carboxylic acids is 1. The number of piperazine rings is 1. The summed E-state index contributed by atoms with van der Waals surface area (Å²) in [4.78, 5) is 31.7. The third kappa shape index (κ3) is 4.36. The zero-order chi connectivity index (χ0) is 19.4. The number of amides is 1. The molecule has 1 aromatic carbocycles. The minimum absolute atomic E-state index is 0.0111. The van der Waals surface area contributed by atoms with E-state index >= 15 is 0 Å². The molecule has 1 amide bonds. The standard InChI is InChI=1S/C20H23N3O4/c1-20(2,19(25)26)27-17-7-3-6-16(13-17)22-9-11-23(12-10-22)18(24)15-5-4-8-21-14-15/h3-8,13-14H,9-12H2,1-2H3,(H,25,26). The van der Waals surface area contributed by atoms with Gasteiger partial charge < -0.3 is 19.6 Å². The molecule has 1 aliphatic rings. The van der Waals surface area contributed by atoms with Crippen LogP contribution in [0.25, 0.3) is 0 Å². The molecule has 142 valence electrons. The van der Waals surface area contributed by atoms with Crippen LogP contribution < -0.4 is 9.64 Å². The van der Waals surface area contributed by atoms with Crippen LogP contribution in [0.4, 0.5) is 5.69 Å². The maximum Gasteiger partial charge on any atom is 0.347 e. The summed E-state index contributed by atoms with van der Waals surface area (Å²) in [6.45, 7) is 5.64. The molecule has 3 rings (SSSR count). The number of hydrogen-bond acceptors (Lipinski definition) is 5. The first-order valence-corrected chi connectivity index (χ1v) is 8.83. The Bertz CT molecular complexity index is 815. The molecule has 1 aliphatic heterocycles. The molecule has 2 aromatic rings. The summed E-state index contributed by atoms with van der Waals surface area (Å²) >= 11 is 0. The molecule has 1 N–H and O–H groups in total. The van der Waals surface area contributed by atoms with Crippen LogP contribution in [0.2, 0.25) is 0 Å². The minimum Gasteiger partial charge on any atom is -0.478 e. The second-order valence-electron chi connectivity index (χ2n) is 6.94. The van der Waals surface area contributed by atoms with Gasteiger partial charge in [0, 0.05) is 50.3 Å². The molecule has 0 radical (unpaired) electrons. The number of ether oxygens (including phenoxy) is 1. The molecule has 0 aliphatic carbocycles. The highest BCUT2D eigenvalue weighted by molar-refractivity contribution is 5.94. The lowest BCUT2D eigenvalue weighted by Gasteiger charge is -2.36. The number of rotatable bonds is 5. The number of aliphatic carboxylic acids is 1. The van der Waals surface area contributed by atoms with Crippen molar-refractivity contribution in [3.05, 3.63) is 54.4 Å². The molecule has 1 saturated heterocycles. The van der Waals surface area contributed by atoms with Crippen molar-refractivity contribution in [3.63, 3.8) is 0 Å². The first kappa shape index (κ1) is 18.7. The van der Waals surface area contributed by atoms with E-state index in [-0.39, 0.29) is 5.91 Å². The molecule has 1 fully saturated rings. The Morgan fingerprint density at radius 1 is 1.11 bits per heavy atom. The van der Waals surface area contributed by atoms with Crippen molar-refractivity contribution in [3.8, 4) is 5.75 Å². The number of benzene rings is 1. The molecule has 1 aromatic heterocycles. The Balaban J connectivity index is 1.64. The van der Waals surface area contributed by atoms with Crippen LogP contribution in [0.3, 0.4) is 0 Å². The van der Waals surface area contributed by atoms with Crippen molar-refractivity contribution in [2.45, 2.75) is 19.4 Å². The molecule has 27 heavy (non-hydrogen) atoms. The average Bonchev–Trinajstić information content (AvgIpc) is 2.68. The number of anilines is 1. The number of hydrogen-bond donors (Lipinski definition) is 1. The van der Waals surface area contributed by atoms with Gasteiger partial charge >= 0.3 is 5.97 Å². The van der Waals surface area contributed by atoms with Gasteiger partial charge in [-0.05, 0) is 38.1 Å². The fourth-order valence-corrected chi connectivity index (χ4v) is 2.92. The van der Waals surface area contributed by atoms with Gasteiger partial charge in [0.15, 0.2) is 5.60 Å². The summed E-state index contributed by atoms with van der Waals surface area (Å²) in [6.07, 6.45) is 3.23. The molecule has 0 spiro atoms. The SMILES string of the molecule is CC(C)(Oc1cccc(N2CCN(C(=O)c3cccnc3)CC2)c1)C(=O)O. The van der Waals surface area contributed by atoms with E-state index < -0.39 is 11.6 Å². The molecule has 0 atom stereocenters. The fraction of sp³-hybridized carbons (Fsp3) is 0.350. The summed E-state index contributed by atoms with van der Waals surface area (Å²) in [5.74, 6) is -0.521. The average molecular weight is 369 g/mol. The van der Waals surface area contributed by atoms with Crippen molar-refractivity contribution in [2.24, 2.45) is 0 Å². The molecule has 0 bridgehead atoms. The monoisotopic (exact) mass is 369 g/mol. The largest absolute Gasteiger partial charge is 0.478 e. The third-order valence-corrected chi connectivity index (χ3v) is 4.55. The lowest BCUT2D eigenvalue weighted by atomic mass is 10.1. The lowest BCUT2D eigenvalue weighted by Crippen LogP contribution is -2.48. The Morgan fingerprint density at radius 3 is 2.48 bits per heavy atom. The van der Waals surface area contributed by atoms with E-state index in [1.54, 1.807) is 30.6 Å². The maximum atomic E-state index is 12.5. The third-order valence-electron chi connectivity index (χ3n) is 4.55. The van der Waals surface area contributed by atoms with Gasteiger partial charge in [-0.3, -0.25) is 9.78 Å². The molecule has 7 heteroatoms. The van der Waals surface area contributed by atoms with Gasteiger partial charge in [0.05, 0.1) is 5.56 Å². The van der Waals surface area contributed by atoms with Gasteiger partial charge in [-0.15, -0.1) is 0 Å². The summed E-state index contributed by atoms with van der Waals surface area (Å²) in [5, 5.41) is 9.22. The van der Waals surface area contributed by atoms with Crippen LogP contribution in [0, 0.1) is 0 Å². The molecular formula is C20H23N3O4. The number of carbonyl (C=O) groups excluding carboxylic acids is 1. The van der Waals surface area contributed by atoms with Gasteiger partial charge in [0.2, 0.25) is 0 Å². The van der Waals surface area contributed by atoms with Crippen LogP contribution in [0.15, 0.2) is 48.8 Å². The van der Waals surface area contributed by atoms with E-state index in [0.29, 0.717) is 37.5 Å². The number of carbonyl (C=O) groups is 2. The van der Waals surface area contributed by atoms with E-state index in [1.165, 1.54) is 13.8 Å². The number of nitrogens with zero attached hydrogens (tertiary/aromatic N) is 3. The van der Waals surface area contributed by atoms with Crippen LogP contribution in [0.1, 0.15) is 24.2 Å². The summed E-state index contributed by atoms with van der Waals surface area (Å²) in [6, 6.07) is 10.9. The predicted molar refractivity (Wildman–Crippen MR) is 101 cm³/mol. The summed E-state index contributed by atoms with van der Waals surface area (Å²) in [7, 11) is 0. The van der Waals surface area contributed by atoms with E-state index in [2.05, 4.69) is 9.88 Å². The zero-order valence-corrected chi connectivity index (χ0v) is 15.5. The Kier molecular flexibility index (Phi) is 5.30. The first-order chi connectivity index (χ1) is 12.9. The van der Waals surface area contributed by atoms with Crippen molar-refractivity contribution in [1.82, 2.24) is 9.88 Å². The van der Waals surface area contributed by atoms with E-state index in [4.69, 9.17) is 4.74 Å². The molecule has 2 heterocycles. The number of pyridine rings is 1. The minimum atomic E-state index is -1.30. The smallest absolute Gasteiger partial charge is 0.347 e. The van der Waals surface area contributed by atoms with Crippen LogP contribution in [0.5, 0.6) is 5.75 Å². The van der Waals surface area contributed by atoms with Crippen molar-refractivity contribution >= 4 is 17.6 Å². The van der Waals surface area contributed by atoms with E-state index in [9.17, 15) is 14.7 Å². The topological polar surface area (TPSA) is 83.0 Å². The zero-order valence-electron chi connectivity index (χ0n) is 15.5. The molecular weight excluding hydrogens is 346 g/mol. The molecule has 0 unspecified atom stereocenters. The fourth-order valence-electron chi connectivity index (χ4n) is 2.92. The van der Waals surface area contributed by atoms with Crippen LogP contribution in [-0.2, 0) is 4.79 Å². The predicted octanol–water partition coefficient (Wildman–Crippen LogP) is 2.29. The second-order valence-corrected chi connectivity index (χ2v) is 6.94. The highest BCUT2D eigenvalue weighted by atomic mass is 16.5.